The third-order valence-electron chi connectivity index (χ3n) is 5.50. The van der Waals surface area contributed by atoms with Gasteiger partial charge in [0.1, 0.15) is 0 Å². The molecule has 1 atom stereocenters. The van der Waals surface area contributed by atoms with Gasteiger partial charge < -0.3 is 10.6 Å². The van der Waals surface area contributed by atoms with Gasteiger partial charge in [-0.15, -0.1) is 10.2 Å². The number of hydrogen-bond acceptors (Lipinski definition) is 5. The van der Waals surface area contributed by atoms with Crippen molar-refractivity contribution in [3.8, 4) is 22.5 Å². The fourth-order valence-corrected chi connectivity index (χ4v) is 4.80. The number of rotatable bonds is 4. The number of aromatic nitrogens is 4. The molecule has 0 amide bonds. The Balaban J connectivity index is 1.68. The van der Waals surface area contributed by atoms with E-state index in [-0.39, 0.29) is 5.96 Å². The van der Waals surface area contributed by atoms with E-state index < -0.39 is 9.71 Å². The second-order valence-corrected chi connectivity index (χ2v) is 9.30. The van der Waals surface area contributed by atoms with Crippen LogP contribution in [0, 0.1) is 5.41 Å². The van der Waals surface area contributed by atoms with Crippen LogP contribution in [0.3, 0.4) is 0 Å². The van der Waals surface area contributed by atoms with Gasteiger partial charge in [0.2, 0.25) is 5.82 Å². The monoisotopic (exact) mass is 424 g/mol. The Morgan fingerprint density at radius 3 is 2.47 bits per heavy atom. The second-order valence-electron chi connectivity index (χ2n) is 7.41. The van der Waals surface area contributed by atoms with E-state index in [0.717, 1.165) is 37.1 Å². The molecular formula is C20H24N8OS. The van der Waals surface area contributed by atoms with Gasteiger partial charge in [-0.25, -0.2) is 4.21 Å². The number of benzene rings is 2. The summed E-state index contributed by atoms with van der Waals surface area (Å²) in [5, 5.41) is 27.7. The van der Waals surface area contributed by atoms with E-state index in [0.29, 0.717) is 22.2 Å². The smallest absolute Gasteiger partial charge is 0.206 e. The minimum absolute atomic E-state index is 0.138. The molecule has 0 saturated carbocycles. The maximum absolute atomic E-state index is 12.6. The molecule has 9 nitrogen and oxygen atoms in total. The van der Waals surface area contributed by atoms with E-state index in [1.807, 2.05) is 23.1 Å². The largest absolute Gasteiger partial charge is 0.370 e. The van der Waals surface area contributed by atoms with Gasteiger partial charge in [0.05, 0.1) is 14.6 Å². The Labute approximate surface area is 175 Å². The molecule has 4 rings (SSSR count). The molecule has 0 aliphatic carbocycles. The molecule has 3 aromatic rings. The predicted molar refractivity (Wildman–Crippen MR) is 118 cm³/mol. The number of nitrogens with one attached hydrogen (secondary N) is 2. The third-order valence-corrected chi connectivity index (χ3v) is 6.58. The minimum Gasteiger partial charge on any atom is -0.370 e. The van der Waals surface area contributed by atoms with Crippen molar-refractivity contribution in [1.29, 1.82) is 5.41 Å². The first-order chi connectivity index (χ1) is 14.3. The van der Waals surface area contributed by atoms with Crippen molar-refractivity contribution in [2.75, 3.05) is 13.1 Å². The lowest BCUT2D eigenvalue weighted by molar-refractivity contribution is 0.309. The first-order valence-corrected chi connectivity index (χ1v) is 11.3. The standard InChI is InChI=1S/C20H24N8OS/c1-30(23,29)17-4-2-3-16(18(17)19-24-26-27-25-19)15-7-5-13(6-8-15)14-9-11-28(12-10-14)20(21)22/h2-8,14H,1,9-12H2,(H3,21,22)(H2,23,29)(H,24,25,26,27). The molecule has 0 bridgehead atoms. The molecule has 1 aliphatic rings. The van der Waals surface area contributed by atoms with Crippen LogP contribution in [0.5, 0.6) is 0 Å². The van der Waals surface area contributed by atoms with Crippen LogP contribution >= 0.6 is 0 Å². The molecule has 156 valence electrons. The van der Waals surface area contributed by atoms with Gasteiger partial charge in [-0.05, 0) is 52.6 Å². The highest BCUT2D eigenvalue weighted by atomic mass is 32.2. The Morgan fingerprint density at radius 1 is 1.20 bits per heavy atom. The van der Waals surface area contributed by atoms with Gasteiger partial charge in [-0.2, -0.15) is 5.21 Å². The Kier molecular flexibility index (Phi) is 5.27. The normalized spacial score (nSPS) is 16.9. The van der Waals surface area contributed by atoms with Crippen LogP contribution in [0.4, 0.5) is 0 Å². The number of piperidine rings is 1. The fourth-order valence-electron chi connectivity index (χ4n) is 3.95. The topological polar surface area (TPSA) is 151 Å². The number of H-pyrrole nitrogens is 1. The lowest BCUT2D eigenvalue weighted by Gasteiger charge is -2.32. The number of nitrogens with zero attached hydrogens (tertiary/aromatic N) is 4. The van der Waals surface area contributed by atoms with Gasteiger partial charge in [-0.3, -0.25) is 10.5 Å². The van der Waals surface area contributed by atoms with Crippen LogP contribution in [-0.2, 0) is 9.71 Å². The van der Waals surface area contributed by atoms with Gasteiger partial charge in [-0.1, -0.05) is 36.4 Å². The Bertz CT molecular complexity index is 1150. The average molecular weight is 425 g/mol. The van der Waals surface area contributed by atoms with Crippen LogP contribution < -0.4 is 10.9 Å². The molecule has 2 aromatic carbocycles. The maximum Gasteiger partial charge on any atom is 0.206 e. The van der Waals surface area contributed by atoms with Crippen LogP contribution in [0.2, 0.25) is 0 Å². The summed E-state index contributed by atoms with van der Waals surface area (Å²) in [5.41, 5.74) is 9.16. The molecule has 1 saturated heterocycles. The van der Waals surface area contributed by atoms with Crippen molar-refractivity contribution in [2.24, 2.45) is 10.9 Å². The van der Waals surface area contributed by atoms with Crippen molar-refractivity contribution in [3.63, 3.8) is 0 Å². The van der Waals surface area contributed by atoms with Gasteiger partial charge in [0, 0.05) is 18.7 Å². The van der Waals surface area contributed by atoms with E-state index in [1.54, 1.807) is 12.1 Å². The summed E-state index contributed by atoms with van der Waals surface area (Å²) < 4.78 is 12.6. The average Bonchev–Trinajstić information content (AvgIpc) is 3.27. The van der Waals surface area contributed by atoms with E-state index in [2.05, 4.69) is 38.6 Å². The van der Waals surface area contributed by atoms with Crippen molar-refractivity contribution >= 4 is 21.5 Å². The van der Waals surface area contributed by atoms with Crippen molar-refractivity contribution in [2.45, 2.75) is 23.7 Å². The van der Waals surface area contributed by atoms with Crippen LogP contribution in [0.1, 0.15) is 24.3 Å². The molecule has 2 heterocycles. The summed E-state index contributed by atoms with van der Waals surface area (Å²) in [6.45, 7) is 1.58. The molecule has 1 fully saturated rings. The number of nitrogens with two attached hydrogens (primary N) is 2. The summed E-state index contributed by atoms with van der Waals surface area (Å²) in [6.07, 6.45) is 1.92. The maximum atomic E-state index is 12.6. The highest BCUT2D eigenvalue weighted by Gasteiger charge is 2.22. The SMILES string of the molecule is C=S(N)(=O)c1cccc(-c2ccc(C3CCN(C(=N)N)CC3)cc2)c1-c1nn[nH]n1. The van der Waals surface area contributed by atoms with Gasteiger partial charge in [0.25, 0.3) is 0 Å². The fraction of sp³-hybridized carbons (Fsp3) is 0.250. The summed E-state index contributed by atoms with van der Waals surface area (Å²) in [6, 6.07) is 13.7. The molecular weight excluding hydrogens is 400 g/mol. The Morgan fingerprint density at radius 2 is 1.90 bits per heavy atom. The zero-order valence-corrected chi connectivity index (χ0v) is 17.2. The molecule has 1 aromatic heterocycles. The number of hydrogen-bond donors (Lipinski definition) is 4. The van der Waals surface area contributed by atoms with Gasteiger partial charge in [0.15, 0.2) is 5.96 Å². The number of tetrazole rings is 1. The number of aromatic amines is 1. The van der Waals surface area contributed by atoms with Crippen molar-refractivity contribution < 1.29 is 4.21 Å². The van der Waals surface area contributed by atoms with Crippen LogP contribution in [0.25, 0.3) is 22.5 Å². The molecule has 0 radical (unpaired) electrons. The molecule has 0 spiro atoms. The van der Waals surface area contributed by atoms with E-state index in [9.17, 15) is 4.21 Å². The second kappa shape index (κ2) is 7.88. The van der Waals surface area contributed by atoms with Crippen LogP contribution in [0.15, 0.2) is 47.4 Å². The summed E-state index contributed by atoms with van der Waals surface area (Å²) in [7, 11) is -2.98. The number of likely N-dealkylation sites (tertiary alicyclic amines) is 1. The highest BCUT2D eigenvalue weighted by Crippen LogP contribution is 2.36. The predicted octanol–water partition coefficient (Wildman–Crippen LogP) is 1.56. The van der Waals surface area contributed by atoms with Gasteiger partial charge >= 0.3 is 0 Å². The first kappa shape index (κ1) is 20.0. The lowest BCUT2D eigenvalue weighted by Crippen LogP contribution is -2.41. The quantitative estimate of drug-likeness (QED) is 0.283. The van der Waals surface area contributed by atoms with E-state index in [4.69, 9.17) is 16.3 Å². The summed E-state index contributed by atoms with van der Waals surface area (Å²) >= 11 is 0. The molecule has 30 heavy (non-hydrogen) atoms. The number of guanidine groups is 1. The summed E-state index contributed by atoms with van der Waals surface area (Å²) in [4.78, 5) is 2.29. The first-order valence-electron chi connectivity index (χ1n) is 9.55. The lowest BCUT2D eigenvalue weighted by atomic mass is 9.88. The van der Waals surface area contributed by atoms with Crippen LogP contribution in [-0.4, -0.2) is 54.7 Å². The Hall–Kier alpha value is -3.24. The highest BCUT2D eigenvalue weighted by molar-refractivity contribution is 7.98. The van der Waals surface area contributed by atoms with Crippen molar-refractivity contribution in [3.05, 3.63) is 48.0 Å². The molecule has 1 aliphatic heterocycles. The van der Waals surface area contributed by atoms with E-state index >= 15 is 0 Å². The molecule has 10 heteroatoms. The van der Waals surface area contributed by atoms with E-state index in [1.165, 1.54) is 5.56 Å². The minimum atomic E-state index is -2.98. The summed E-state index contributed by atoms with van der Waals surface area (Å²) in [5.74, 6) is 4.52. The molecule has 1 unspecified atom stereocenters. The third kappa shape index (κ3) is 3.91. The molecule has 6 N–H and O–H groups in total. The zero-order valence-electron chi connectivity index (χ0n) is 16.4. The van der Waals surface area contributed by atoms with Crippen molar-refractivity contribution in [1.82, 2.24) is 25.5 Å². The zero-order chi connectivity index (χ0) is 21.3.